The van der Waals surface area contributed by atoms with Crippen LogP contribution >= 0.6 is 11.6 Å². The molecule has 3 rings (SSSR count). The number of hydrogen-bond donors (Lipinski definition) is 2. The predicted molar refractivity (Wildman–Crippen MR) is 112 cm³/mol. The van der Waals surface area contributed by atoms with Gasteiger partial charge in [0, 0.05) is 35.9 Å². The van der Waals surface area contributed by atoms with Gasteiger partial charge in [-0.3, -0.25) is 4.79 Å². The highest BCUT2D eigenvalue weighted by molar-refractivity contribution is 6.32. The lowest BCUT2D eigenvalue weighted by atomic mass is 9.75. The number of dihydropyridines is 1. The fourth-order valence-electron chi connectivity index (χ4n) is 3.92. The third-order valence-corrected chi connectivity index (χ3v) is 5.55. The number of methoxy groups -OCH3 is 1. The van der Waals surface area contributed by atoms with E-state index < -0.39 is 11.9 Å². The molecule has 1 atom stereocenters. The Labute approximate surface area is 180 Å². The third kappa shape index (κ3) is 4.32. The smallest absolute Gasteiger partial charge is 0.336 e. The van der Waals surface area contributed by atoms with Crippen molar-refractivity contribution in [3.8, 4) is 11.5 Å². The minimum Gasteiger partial charge on any atom is -0.503 e. The van der Waals surface area contributed by atoms with Crippen LogP contribution in [0.25, 0.3) is 0 Å². The van der Waals surface area contributed by atoms with Gasteiger partial charge in [-0.15, -0.1) is 0 Å². The van der Waals surface area contributed by atoms with E-state index in [1.54, 1.807) is 19.1 Å². The van der Waals surface area contributed by atoms with Crippen LogP contribution in [-0.4, -0.2) is 43.8 Å². The highest BCUT2D eigenvalue weighted by Gasteiger charge is 2.39. The van der Waals surface area contributed by atoms with E-state index in [0.717, 1.165) is 12.1 Å². The summed E-state index contributed by atoms with van der Waals surface area (Å²) in [6, 6.07) is 3.16. The Hall–Kier alpha value is -2.51. The molecular formula is C22H26ClNO6. The molecule has 2 aliphatic rings. The van der Waals surface area contributed by atoms with Crippen LogP contribution in [0.1, 0.15) is 44.6 Å². The Bertz CT molecular complexity index is 920. The van der Waals surface area contributed by atoms with Crippen molar-refractivity contribution >= 4 is 23.4 Å². The highest BCUT2D eigenvalue weighted by atomic mass is 35.5. The zero-order valence-corrected chi connectivity index (χ0v) is 18.1. The summed E-state index contributed by atoms with van der Waals surface area (Å²) in [5.41, 5.74) is 2.88. The van der Waals surface area contributed by atoms with Crippen LogP contribution in [0.15, 0.2) is 34.7 Å². The molecule has 0 aromatic heterocycles. The van der Waals surface area contributed by atoms with Crippen LogP contribution in [0.2, 0.25) is 5.02 Å². The van der Waals surface area contributed by atoms with Crippen LogP contribution in [0.4, 0.5) is 0 Å². The van der Waals surface area contributed by atoms with Crippen molar-refractivity contribution in [1.29, 1.82) is 0 Å². The van der Waals surface area contributed by atoms with Crippen LogP contribution in [0, 0.1) is 0 Å². The Balaban J connectivity index is 2.08. The van der Waals surface area contributed by atoms with Crippen LogP contribution in [0.5, 0.6) is 11.5 Å². The number of phenols is 1. The maximum absolute atomic E-state index is 13.0. The molecule has 0 saturated carbocycles. The second-order valence-corrected chi connectivity index (χ2v) is 7.56. The lowest BCUT2D eigenvalue weighted by Crippen LogP contribution is -2.34. The van der Waals surface area contributed by atoms with E-state index in [0.29, 0.717) is 48.5 Å². The fraction of sp³-hybridized carbons (Fsp3) is 0.455. The SMILES string of the molecule is CCOCCOC(=O)C1=C(C)NC2=C(C(=O)CCC2)[C@@H]1c1cc(Cl)c(O)c(OC)c1. The van der Waals surface area contributed by atoms with Crippen LogP contribution < -0.4 is 10.1 Å². The molecule has 1 aliphatic carbocycles. The van der Waals surface area contributed by atoms with Crippen LogP contribution in [0.3, 0.4) is 0 Å². The number of Topliss-reactive ketones (excluding diaryl/α,β-unsaturated/α-hetero) is 1. The largest absolute Gasteiger partial charge is 0.503 e. The number of hydrogen-bond acceptors (Lipinski definition) is 7. The normalized spacial score (nSPS) is 18.8. The van der Waals surface area contributed by atoms with Crippen molar-refractivity contribution in [1.82, 2.24) is 5.32 Å². The number of phenolic OH excluding ortho intramolecular Hbond substituents is 1. The van der Waals surface area contributed by atoms with Gasteiger partial charge in [-0.05, 0) is 44.4 Å². The first kappa shape index (κ1) is 22.2. The molecule has 162 valence electrons. The van der Waals surface area contributed by atoms with Crippen molar-refractivity contribution in [3.63, 3.8) is 0 Å². The van der Waals surface area contributed by atoms with Gasteiger partial charge in [0.15, 0.2) is 17.3 Å². The minimum atomic E-state index is -0.666. The molecule has 0 saturated heterocycles. The molecule has 0 fully saturated rings. The van der Waals surface area contributed by atoms with E-state index in [9.17, 15) is 14.7 Å². The van der Waals surface area contributed by atoms with Gasteiger partial charge >= 0.3 is 5.97 Å². The van der Waals surface area contributed by atoms with Crippen molar-refractivity contribution in [3.05, 3.63) is 45.3 Å². The number of rotatable bonds is 7. The first-order valence-corrected chi connectivity index (χ1v) is 10.3. The Kier molecular flexibility index (Phi) is 7.05. The van der Waals surface area contributed by atoms with Gasteiger partial charge in [0.25, 0.3) is 0 Å². The number of carbonyl (C=O) groups excluding carboxylic acids is 2. The number of benzene rings is 1. The summed E-state index contributed by atoms with van der Waals surface area (Å²) in [6.07, 6.45) is 1.87. The Morgan fingerprint density at radius 2 is 2.07 bits per heavy atom. The summed E-state index contributed by atoms with van der Waals surface area (Å²) in [6.45, 7) is 4.57. The molecular weight excluding hydrogens is 410 g/mol. The number of halogens is 1. The molecule has 1 aliphatic heterocycles. The van der Waals surface area contributed by atoms with Gasteiger partial charge in [-0.2, -0.15) is 0 Å². The molecule has 1 aromatic rings. The molecule has 0 bridgehead atoms. The lowest BCUT2D eigenvalue weighted by molar-refractivity contribution is -0.140. The molecule has 8 heteroatoms. The average molecular weight is 436 g/mol. The molecule has 0 unspecified atom stereocenters. The average Bonchev–Trinajstić information content (AvgIpc) is 2.72. The van der Waals surface area contributed by atoms with Gasteiger partial charge in [-0.25, -0.2) is 4.79 Å². The van der Waals surface area contributed by atoms with Crippen molar-refractivity contribution < 1.29 is 28.9 Å². The fourth-order valence-corrected chi connectivity index (χ4v) is 4.14. The lowest BCUT2D eigenvalue weighted by Gasteiger charge is -2.34. The number of nitrogens with one attached hydrogen (secondary N) is 1. The quantitative estimate of drug-likeness (QED) is 0.499. The maximum Gasteiger partial charge on any atom is 0.336 e. The Morgan fingerprint density at radius 3 is 2.77 bits per heavy atom. The van der Waals surface area contributed by atoms with E-state index >= 15 is 0 Å². The van der Waals surface area contributed by atoms with E-state index in [2.05, 4.69) is 5.32 Å². The van der Waals surface area contributed by atoms with Gasteiger partial charge in [0.05, 0.1) is 24.3 Å². The van der Waals surface area contributed by atoms with Gasteiger partial charge in [0.2, 0.25) is 0 Å². The summed E-state index contributed by atoms with van der Waals surface area (Å²) in [4.78, 5) is 25.9. The van der Waals surface area contributed by atoms with Crippen molar-refractivity contribution in [2.24, 2.45) is 0 Å². The number of aromatic hydroxyl groups is 1. The van der Waals surface area contributed by atoms with Crippen molar-refractivity contribution in [2.75, 3.05) is 26.9 Å². The monoisotopic (exact) mass is 435 g/mol. The number of carbonyl (C=O) groups is 2. The summed E-state index contributed by atoms with van der Waals surface area (Å²) in [7, 11) is 1.41. The molecule has 1 heterocycles. The summed E-state index contributed by atoms with van der Waals surface area (Å²) >= 11 is 6.22. The third-order valence-electron chi connectivity index (χ3n) is 5.26. The zero-order valence-electron chi connectivity index (χ0n) is 17.3. The highest BCUT2D eigenvalue weighted by Crippen LogP contribution is 2.46. The first-order valence-electron chi connectivity index (χ1n) is 9.94. The second kappa shape index (κ2) is 9.53. The van der Waals surface area contributed by atoms with Crippen molar-refractivity contribution in [2.45, 2.75) is 39.0 Å². The summed E-state index contributed by atoms with van der Waals surface area (Å²) in [5.74, 6) is -1.24. The minimum absolute atomic E-state index is 0.0240. The molecule has 0 amide bonds. The molecule has 30 heavy (non-hydrogen) atoms. The van der Waals surface area contributed by atoms with Gasteiger partial charge in [-0.1, -0.05) is 11.6 Å². The Morgan fingerprint density at radius 1 is 1.30 bits per heavy atom. The number of allylic oxidation sites excluding steroid dienone is 3. The van der Waals surface area contributed by atoms with E-state index in [1.807, 2.05) is 6.92 Å². The molecule has 1 aromatic carbocycles. The molecule has 0 radical (unpaired) electrons. The maximum atomic E-state index is 13.0. The van der Waals surface area contributed by atoms with E-state index in [1.165, 1.54) is 7.11 Å². The van der Waals surface area contributed by atoms with Gasteiger partial charge < -0.3 is 24.6 Å². The standard InChI is InChI=1S/C22H26ClNO6/c1-4-29-8-9-30-22(27)18-12(2)24-15-6-5-7-16(25)20(15)19(18)13-10-14(23)21(26)17(11-13)28-3/h10-11,19,24,26H,4-9H2,1-3H3/t19-/m1/s1. The first-order chi connectivity index (χ1) is 14.4. The zero-order chi connectivity index (χ0) is 21.8. The molecule has 7 nitrogen and oxygen atoms in total. The van der Waals surface area contributed by atoms with Gasteiger partial charge in [0.1, 0.15) is 6.61 Å². The molecule has 0 spiro atoms. The summed E-state index contributed by atoms with van der Waals surface area (Å²) in [5, 5.41) is 13.4. The summed E-state index contributed by atoms with van der Waals surface area (Å²) < 4.78 is 15.9. The second-order valence-electron chi connectivity index (χ2n) is 7.15. The topological polar surface area (TPSA) is 94.1 Å². The van der Waals surface area contributed by atoms with Crippen LogP contribution in [-0.2, 0) is 19.1 Å². The predicted octanol–water partition coefficient (Wildman–Crippen LogP) is 3.60. The van der Waals surface area contributed by atoms with E-state index in [-0.39, 0.29) is 28.9 Å². The number of ketones is 1. The number of ether oxygens (including phenoxy) is 3. The van der Waals surface area contributed by atoms with E-state index in [4.69, 9.17) is 25.8 Å². The number of esters is 1. The molecule has 2 N–H and O–H groups in total.